The van der Waals surface area contributed by atoms with Crippen molar-refractivity contribution in [3.63, 3.8) is 0 Å². The second kappa shape index (κ2) is 11.2. The minimum atomic E-state index is 0. The number of amides is 1. The second-order valence-corrected chi connectivity index (χ2v) is 5.42. The lowest BCUT2D eigenvalue weighted by molar-refractivity contribution is -0.123. The molecular formula is C14H29IN4O. The van der Waals surface area contributed by atoms with Crippen LogP contribution in [0, 0.1) is 5.92 Å². The van der Waals surface area contributed by atoms with Crippen molar-refractivity contribution in [1.29, 1.82) is 0 Å². The number of guanidine groups is 1. The molecule has 0 aromatic carbocycles. The molecule has 0 unspecified atom stereocenters. The lowest BCUT2D eigenvalue weighted by Crippen LogP contribution is -2.46. The van der Waals surface area contributed by atoms with Crippen LogP contribution in [-0.4, -0.2) is 38.0 Å². The monoisotopic (exact) mass is 396 g/mol. The maximum atomic E-state index is 11.4. The van der Waals surface area contributed by atoms with Crippen LogP contribution in [0.15, 0.2) is 4.99 Å². The molecule has 0 atom stereocenters. The van der Waals surface area contributed by atoms with Crippen molar-refractivity contribution in [1.82, 2.24) is 16.0 Å². The Bertz CT molecular complexity index is 302. The number of aliphatic imine (C=N–C) groups is 1. The van der Waals surface area contributed by atoms with Gasteiger partial charge in [0, 0.05) is 32.1 Å². The fraction of sp³-hybridized carbons (Fsp3) is 0.857. The standard InChI is InChI=1S/C14H28N4O.HI/c1-11(2)13(19)16-9-10-17-14(15-3)18-12-7-5-4-6-8-12;/h11-12H,4-10H2,1-3H3,(H,16,19)(H2,15,17,18);1H. The molecule has 0 aliphatic heterocycles. The average molecular weight is 396 g/mol. The maximum Gasteiger partial charge on any atom is 0.222 e. The van der Waals surface area contributed by atoms with E-state index < -0.39 is 0 Å². The number of hydrogen-bond acceptors (Lipinski definition) is 2. The number of nitrogens with one attached hydrogen (secondary N) is 3. The molecule has 6 heteroatoms. The van der Waals surface area contributed by atoms with Crippen LogP contribution in [0.4, 0.5) is 0 Å². The van der Waals surface area contributed by atoms with Gasteiger partial charge in [-0.25, -0.2) is 0 Å². The lowest BCUT2D eigenvalue weighted by Gasteiger charge is -2.24. The van der Waals surface area contributed by atoms with E-state index >= 15 is 0 Å². The van der Waals surface area contributed by atoms with Gasteiger partial charge >= 0.3 is 0 Å². The first-order valence-corrected chi connectivity index (χ1v) is 7.38. The molecule has 0 spiro atoms. The molecule has 1 aliphatic rings. The number of rotatable bonds is 5. The van der Waals surface area contributed by atoms with Gasteiger partial charge in [0.1, 0.15) is 0 Å². The fourth-order valence-corrected chi connectivity index (χ4v) is 2.21. The Hall–Kier alpha value is -0.530. The van der Waals surface area contributed by atoms with E-state index in [9.17, 15) is 4.79 Å². The molecule has 0 heterocycles. The van der Waals surface area contributed by atoms with Crippen LogP contribution in [0.2, 0.25) is 0 Å². The van der Waals surface area contributed by atoms with Gasteiger partial charge in [0.05, 0.1) is 0 Å². The van der Waals surface area contributed by atoms with Gasteiger partial charge in [0.25, 0.3) is 0 Å². The molecule has 0 aromatic heterocycles. The quantitative estimate of drug-likeness (QED) is 0.288. The maximum absolute atomic E-state index is 11.4. The highest BCUT2D eigenvalue weighted by molar-refractivity contribution is 14.0. The van der Waals surface area contributed by atoms with Crippen molar-refractivity contribution < 1.29 is 4.79 Å². The summed E-state index contributed by atoms with van der Waals surface area (Å²) in [5.74, 6) is 0.974. The molecule has 0 bridgehead atoms. The van der Waals surface area contributed by atoms with E-state index in [4.69, 9.17) is 0 Å². The van der Waals surface area contributed by atoms with Crippen molar-refractivity contribution in [3.8, 4) is 0 Å². The molecule has 1 amide bonds. The number of nitrogens with zero attached hydrogens (tertiary/aromatic N) is 1. The summed E-state index contributed by atoms with van der Waals surface area (Å²) in [6.45, 7) is 5.12. The zero-order valence-corrected chi connectivity index (χ0v) is 15.2. The van der Waals surface area contributed by atoms with E-state index in [1.54, 1.807) is 7.05 Å². The van der Waals surface area contributed by atoms with E-state index in [1.165, 1.54) is 32.1 Å². The number of hydrogen-bond donors (Lipinski definition) is 3. The van der Waals surface area contributed by atoms with Crippen molar-refractivity contribution in [3.05, 3.63) is 0 Å². The van der Waals surface area contributed by atoms with Crippen LogP contribution in [0.1, 0.15) is 46.0 Å². The van der Waals surface area contributed by atoms with Crippen LogP contribution in [0.25, 0.3) is 0 Å². The van der Waals surface area contributed by atoms with E-state index in [-0.39, 0.29) is 35.8 Å². The summed E-state index contributed by atoms with van der Waals surface area (Å²) in [6, 6.07) is 0.546. The van der Waals surface area contributed by atoms with E-state index in [2.05, 4.69) is 20.9 Å². The number of halogens is 1. The summed E-state index contributed by atoms with van der Waals surface area (Å²) in [7, 11) is 1.78. The van der Waals surface area contributed by atoms with Crippen molar-refractivity contribution in [2.45, 2.75) is 52.0 Å². The molecule has 1 fully saturated rings. The fourth-order valence-electron chi connectivity index (χ4n) is 2.21. The van der Waals surface area contributed by atoms with Gasteiger partial charge in [0.2, 0.25) is 5.91 Å². The number of carbonyl (C=O) groups is 1. The molecule has 118 valence electrons. The third-order valence-corrected chi connectivity index (χ3v) is 3.41. The Balaban J connectivity index is 0.00000361. The Labute approximate surface area is 139 Å². The first-order valence-electron chi connectivity index (χ1n) is 7.38. The van der Waals surface area contributed by atoms with Gasteiger partial charge in [0.15, 0.2) is 5.96 Å². The normalized spacial score (nSPS) is 16.5. The minimum Gasteiger partial charge on any atom is -0.355 e. The van der Waals surface area contributed by atoms with Gasteiger partial charge in [-0.05, 0) is 12.8 Å². The van der Waals surface area contributed by atoms with Gasteiger partial charge in [-0.1, -0.05) is 33.1 Å². The molecule has 1 aliphatic carbocycles. The highest BCUT2D eigenvalue weighted by Crippen LogP contribution is 2.17. The first kappa shape index (κ1) is 19.5. The molecule has 0 aromatic rings. The molecular weight excluding hydrogens is 367 g/mol. The molecule has 0 radical (unpaired) electrons. The average Bonchev–Trinajstić information content (AvgIpc) is 2.42. The number of carbonyl (C=O) groups excluding carboxylic acids is 1. The van der Waals surface area contributed by atoms with Gasteiger partial charge in [-0.15, -0.1) is 24.0 Å². The Kier molecular flexibility index (Phi) is 10.9. The van der Waals surface area contributed by atoms with Crippen LogP contribution in [0.3, 0.4) is 0 Å². The van der Waals surface area contributed by atoms with Crippen molar-refractivity contribution in [2.75, 3.05) is 20.1 Å². The second-order valence-electron chi connectivity index (χ2n) is 5.42. The van der Waals surface area contributed by atoms with Crippen LogP contribution < -0.4 is 16.0 Å². The molecule has 0 saturated heterocycles. The lowest BCUT2D eigenvalue weighted by atomic mass is 9.96. The highest BCUT2D eigenvalue weighted by atomic mass is 127. The summed E-state index contributed by atoms with van der Waals surface area (Å²) in [6.07, 6.45) is 6.42. The molecule has 1 saturated carbocycles. The third-order valence-electron chi connectivity index (χ3n) is 3.41. The molecule has 20 heavy (non-hydrogen) atoms. The SMILES string of the molecule is CN=C(NCCNC(=O)C(C)C)NC1CCCCC1.I. The highest BCUT2D eigenvalue weighted by Gasteiger charge is 2.14. The first-order chi connectivity index (χ1) is 9.13. The largest absolute Gasteiger partial charge is 0.355 e. The predicted octanol–water partition coefficient (Wildman–Crippen LogP) is 1.87. The summed E-state index contributed by atoms with van der Waals surface area (Å²) in [5, 5.41) is 9.56. The van der Waals surface area contributed by atoms with E-state index in [0.717, 1.165) is 5.96 Å². The summed E-state index contributed by atoms with van der Waals surface area (Å²) in [5.41, 5.74) is 0. The minimum absolute atomic E-state index is 0. The summed E-state index contributed by atoms with van der Waals surface area (Å²) in [4.78, 5) is 15.6. The van der Waals surface area contributed by atoms with Gasteiger partial charge in [-0.3, -0.25) is 9.79 Å². The van der Waals surface area contributed by atoms with Crippen LogP contribution in [-0.2, 0) is 4.79 Å². The Morgan fingerprint density at radius 2 is 1.75 bits per heavy atom. The zero-order chi connectivity index (χ0) is 14.1. The van der Waals surface area contributed by atoms with E-state index in [0.29, 0.717) is 19.1 Å². The van der Waals surface area contributed by atoms with Gasteiger partial charge < -0.3 is 16.0 Å². The zero-order valence-electron chi connectivity index (χ0n) is 12.9. The third kappa shape index (κ3) is 7.91. The summed E-state index contributed by atoms with van der Waals surface area (Å²) >= 11 is 0. The smallest absolute Gasteiger partial charge is 0.222 e. The van der Waals surface area contributed by atoms with Crippen LogP contribution >= 0.6 is 24.0 Å². The van der Waals surface area contributed by atoms with Crippen molar-refractivity contribution in [2.24, 2.45) is 10.9 Å². The van der Waals surface area contributed by atoms with Crippen LogP contribution in [0.5, 0.6) is 0 Å². The van der Waals surface area contributed by atoms with Gasteiger partial charge in [-0.2, -0.15) is 0 Å². The van der Waals surface area contributed by atoms with Crippen molar-refractivity contribution >= 4 is 35.8 Å². The topological polar surface area (TPSA) is 65.5 Å². The predicted molar refractivity (Wildman–Crippen MR) is 94.6 cm³/mol. The Morgan fingerprint density at radius 3 is 2.30 bits per heavy atom. The molecule has 3 N–H and O–H groups in total. The Morgan fingerprint density at radius 1 is 1.15 bits per heavy atom. The van der Waals surface area contributed by atoms with E-state index in [1.807, 2.05) is 13.8 Å². The molecule has 5 nitrogen and oxygen atoms in total. The molecule has 1 rings (SSSR count). The summed E-state index contributed by atoms with van der Waals surface area (Å²) < 4.78 is 0.